The number of hydrogen-bond acceptors (Lipinski definition) is 7. The predicted molar refractivity (Wildman–Crippen MR) is 124 cm³/mol. The van der Waals surface area contributed by atoms with Crippen LogP contribution in [0.1, 0.15) is 30.9 Å². The van der Waals surface area contributed by atoms with E-state index in [-0.39, 0.29) is 23.5 Å². The van der Waals surface area contributed by atoms with E-state index in [2.05, 4.69) is 37.9 Å². The van der Waals surface area contributed by atoms with Crippen LogP contribution in [0.15, 0.2) is 53.7 Å². The third-order valence-electron chi connectivity index (χ3n) is 5.65. The van der Waals surface area contributed by atoms with Crippen molar-refractivity contribution in [3.8, 4) is 11.4 Å². The van der Waals surface area contributed by atoms with Crippen molar-refractivity contribution in [2.24, 2.45) is 0 Å². The number of nitrogens with zero attached hydrogens (tertiary/aromatic N) is 5. The summed E-state index contributed by atoms with van der Waals surface area (Å²) in [5.41, 5.74) is 1.66. The van der Waals surface area contributed by atoms with Crippen LogP contribution in [0, 0.1) is 5.82 Å². The first-order valence-electron chi connectivity index (χ1n) is 11.0. The molecule has 0 bridgehead atoms. The Kier molecular flexibility index (Phi) is 7.90. The number of benzene rings is 2. The molecule has 1 fully saturated rings. The molecule has 4 rings (SSSR count). The zero-order valence-electron chi connectivity index (χ0n) is 18.5. The lowest BCUT2D eigenvalue weighted by atomic mass is 10.0. The highest BCUT2D eigenvalue weighted by molar-refractivity contribution is 7.99. The summed E-state index contributed by atoms with van der Waals surface area (Å²) in [4.78, 5) is 15.1. The number of aromatic nitrogens is 4. The molecule has 10 heteroatoms. The molecule has 1 N–H and O–H groups in total. The molecule has 2 heterocycles. The number of nitrogens with one attached hydrogen (secondary N) is 1. The van der Waals surface area contributed by atoms with E-state index in [9.17, 15) is 9.18 Å². The first-order valence-corrected chi connectivity index (χ1v) is 11.9. The van der Waals surface area contributed by atoms with E-state index in [1.54, 1.807) is 19.2 Å². The Morgan fingerprint density at radius 3 is 2.70 bits per heavy atom. The molecular weight excluding hydrogens is 443 g/mol. The SMILES string of the molecule is COc1ccc(C(CNC(=O)CSc2nnnn2-c2cccc(F)c2)N2CCCCC2)cc1. The van der Waals surface area contributed by atoms with Crippen molar-refractivity contribution in [2.75, 3.05) is 32.5 Å². The van der Waals surface area contributed by atoms with Gasteiger partial charge in [0.15, 0.2) is 0 Å². The second-order valence-electron chi connectivity index (χ2n) is 7.83. The lowest BCUT2D eigenvalue weighted by Gasteiger charge is -2.35. The van der Waals surface area contributed by atoms with Gasteiger partial charge in [-0.2, -0.15) is 4.68 Å². The largest absolute Gasteiger partial charge is 0.497 e. The molecule has 174 valence electrons. The van der Waals surface area contributed by atoms with Gasteiger partial charge in [-0.3, -0.25) is 9.69 Å². The maximum absolute atomic E-state index is 13.6. The number of carbonyl (C=O) groups is 1. The second-order valence-corrected chi connectivity index (χ2v) is 8.77. The van der Waals surface area contributed by atoms with Gasteiger partial charge in [0.2, 0.25) is 11.1 Å². The predicted octanol–water partition coefficient (Wildman–Crippen LogP) is 3.25. The molecule has 0 aliphatic carbocycles. The summed E-state index contributed by atoms with van der Waals surface area (Å²) < 4.78 is 20.3. The molecule has 8 nitrogen and oxygen atoms in total. The van der Waals surface area contributed by atoms with Crippen molar-refractivity contribution in [2.45, 2.75) is 30.5 Å². The van der Waals surface area contributed by atoms with Crippen LogP contribution in [0.25, 0.3) is 5.69 Å². The van der Waals surface area contributed by atoms with Crippen LogP contribution >= 0.6 is 11.8 Å². The molecule has 0 radical (unpaired) electrons. The van der Waals surface area contributed by atoms with Crippen LogP contribution in [0.5, 0.6) is 5.75 Å². The Morgan fingerprint density at radius 1 is 1.18 bits per heavy atom. The number of tetrazole rings is 1. The van der Waals surface area contributed by atoms with Gasteiger partial charge >= 0.3 is 0 Å². The van der Waals surface area contributed by atoms with E-state index in [0.717, 1.165) is 24.4 Å². The van der Waals surface area contributed by atoms with Crippen molar-refractivity contribution in [1.82, 2.24) is 30.4 Å². The quantitative estimate of drug-likeness (QED) is 0.481. The van der Waals surface area contributed by atoms with Gasteiger partial charge in [-0.25, -0.2) is 4.39 Å². The number of rotatable bonds is 9. The maximum Gasteiger partial charge on any atom is 0.230 e. The lowest BCUT2D eigenvalue weighted by Crippen LogP contribution is -2.41. The zero-order chi connectivity index (χ0) is 23.0. The fraction of sp³-hybridized carbons (Fsp3) is 0.391. The topological polar surface area (TPSA) is 85.2 Å². The van der Waals surface area contributed by atoms with E-state index in [1.165, 1.54) is 47.8 Å². The molecule has 2 aromatic carbocycles. The molecule has 1 amide bonds. The molecule has 1 atom stereocenters. The van der Waals surface area contributed by atoms with Crippen LogP contribution in [-0.2, 0) is 4.79 Å². The van der Waals surface area contributed by atoms with Crippen molar-refractivity contribution < 1.29 is 13.9 Å². The highest BCUT2D eigenvalue weighted by atomic mass is 32.2. The monoisotopic (exact) mass is 470 g/mol. The van der Waals surface area contributed by atoms with Crippen LogP contribution < -0.4 is 10.1 Å². The van der Waals surface area contributed by atoms with E-state index < -0.39 is 0 Å². The Labute approximate surface area is 196 Å². The van der Waals surface area contributed by atoms with E-state index >= 15 is 0 Å². The van der Waals surface area contributed by atoms with Gasteiger partial charge in [-0.05, 0) is 72.3 Å². The van der Waals surface area contributed by atoms with E-state index in [1.807, 2.05) is 12.1 Å². The first-order chi connectivity index (χ1) is 16.1. The number of ether oxygens (including phenoxy) is 1. The number of methoxy groups -OCH3 is 1. The molecule has 33 heavy (non-hydrogen) atoms. The van der Waals surface area contributed by atoms with E-state index in [0.29, 0.717) is 17.4 Å². The summed E-state index contributed by atoms with van der Waals surface area (Å²) in [5, 5.41) is 15.0. The van der Waals surface area contributed by atoms with Gasteiger partial charge in [0.25, 0.3) is 0 Å². The molecule has 1 aliphatic heterocycles. The van der Waals surface area contributed by atoms with Gasteiger partial charge < -0.3 is 10.1 Å². The summed E-state index contributed by atoms with van der Waals surface area (Å²) in [6, 6.07) is 14.1. The van der Waals surface area contributed by atoms with Crippen molar-refractivity contribution >= 4 is 17.7 Å². The normalized spacial score (nSPS) is 15.2. The van der Waals surface area contributed by atoms with Crippen molar-refractivity contribution in [3.05, 3.63) is 59.9 Å². The molecule has 1 aromatic heterocycles. The van der Waals surface area contributed by atoms with Gasteiger partial charge in [0.1, 0.15) is 11.6 Å². The second kappa shape index (κ2) is 11.2. The number of hydrogen-bond donors (Lipinski definition) is 1. The Bertz CT molecular complexity index is 1060. The van der Waals surface area contributed by atoms with Crippen molar-refractivity contribution in [1.29, 1.82) is 0 Å². The summed E-state index contributed by atoms with van der Waals surface area (Å²) in [5.74, 6) is 0.487. The molecule has 0 saturated carbocycles. The number of thioether (sulfide) groups is 1. The summed E-state index contributed by atoms with van der Waals surface area (Å²) in [6.45, 7) is 2.55. The smallest absolute Gasteiger partial charge is 0.230 e. The molecule has 1 unspecified atom stereocenters. The van der Waals surface area contributed by atoms with Gasteiger partial charge in [0.05, 0.1) is 24.6 Å². The van der Waals surface area contributed by atoms with Gasteiger partial charge in [-0.15, -0.1) is 5.10 Å². The Balaban J connectivity index is 1.37. The van der Waals surface area contributed by atoms with Crippen LogP contribution in [-0.4, -0.2) is 63.5 Å². The number of piperidine rings is 1. The highest BCUT2D eigenvalue weighted by Gasteiger charge is 2.23. The lowest BCUT2D eigenvalue weighted by molar-refractivity contribution is -0.118. The summed E-state index contributed by atoms with van der Waals surface area (Å²) in [6.07, 6.45) is 3.58. The molecule has 0 spiro atoms. The highest BCUT2D eigenvalue weighted by Crippen LogP contribution is 2.26. The summed E-state index contributed by atoms with van der Waals surface area (Å²) in [7, 11) is 1.65. The van der Waals surface area contributed by atoms with Crippen molar-refractivity contribution in [3.63, 3.8) is 0 Å². The minimum atomic E-state index is -0.376. The standard InChI is InChI=1S/C23H27FN6O2S/c1-32-20-10-8-17(9-11-20)21(29-12-3-2-4-13-29)15-25-22(31)16-33-23-26-27-28-30(23)19-7-5-6-18(24)14-19/h5-11,14,21H,2-4,12-13,15-16H2,1H3,(H,25,31). The van der Waals surface area contributed by atoms with Crippen LogP contribution in [0.4, 0.5) is 4.39 Å². The Morgan fingerprint density at radius 2 is 1.97 bits per heavy atom. The minimum absolute atomic E-state index is 0.0998. The number of amides is 1. The van der Waals surface area contributed by atoms with Crippen LogP contribution in [0.2, 0.25) is 0 Å². The number of likely N-dealkylation sites (tertiary alicyclic amines) is 1. The molecule has 1 saturated heterocycles. The zero-order valence-corrected chi connectivity index (χ0v) is 19.3. The fourth-order valence-electron chi connectivity index (χ4n) is 3.94. The average Bonchev–Trinajstić information content (AvgIpc) is 3.33. The number of carbonyl (C=O) groups excluding carboxylic acids is 1. The first kappa shape index (κ1) is 23.2. The van der Waals surface area contributed by atoms with Crippen LogP contribution in [0.3, 0.4) is 0 Å². The Hall–Kier alpha value is -2.98. The summed E-state index contributed by atoms with van der Waals surface area (Å²) >= 11 is 1.21. The number of halogens is 1. The minimum Gasteiger partial charge on any atom is -0.497 e. The maximum atomic E-state index is 13.6. The van der Waals surface area contributed by atoms with Gasteiger partial charge in [0, 0.05) is 6.54 Å². The third-order valence-corrected chi connectivity index (χ3v) is 6.57. The fourth-order valence-corrected chi connectivity index (χ4v) is 4.67. The third kappa shape index (κ3) is 6.08. The molecular formula is C23H27FN6O2S. The molecule has 3 aromatic rings. The average molecular weight is 471 g/mol. The van der Waals surface area contributed by atoms with E-state index in [4.69, 9.17) is 4.74 Å². The van der Waals surface area contributed by atoms with Gasteiger partial charge in [-0.1, -0.05) is 36.4 Å². The molecule has 1 aliphatic rings.